The average Bonchev–Trinajstić information content (AvgIpc) is 3.43. The molecule has 2 aromatic heterocycles. The van der Waals surface area contributed by atoms with E-state index in [1.54, 1.807) is 13.0 Å². The van der Waals surface area contributed by atoms with Gasteiger partial charge in [0.05, 0.1) is 33.9 Å². The van der Waals surface area contributed by atoms with Gasteiger partial charge in [-0.2, -0.15) is 5.10 Å². The van der Waals surface area contributed by atoms with E-state index in [0.717, 1.165) is 23.9 Å². The van der Waals surface area contributed by atoms with Crippen molar-refractivity contribution in [3.8, 4) is 0 Å². The maximum atomic E-state index is 15.0. The van der Waals surface area contributed by atoms with Crippen LogP contribution in [0.15, 0.2) is 24.4 Å². The molecule has 1 aromatic carbocycles. The van der Waals surface area contributed by atoms with E-state index in [-0.39, 0.29) is 16.3 Å². The zero-order valence-corrected chi connectivity index (χ0v) is 18.3. The number of hydrogen-bond acceptors (Lipinski definition) is 4. The van der Waals surface area contributed by atoms with Gasteiger partial charge < -0.3 is 10.0 Å². The zero-order valence-electron chi connectivity index (χ0n) is 15.5. The second kappa shape index (κ2) is 7.63. The van der Waals surface area contributed by atoms with Crippen molar-refractivity contribution < 1.29 is 13.4 Å². The number of H-pyrrole nitrogens is 1. The number of fused-ring (bicyclic) bond motifs is 1. The molecule has 2 heterocycles. The van der Waals surface area contributed by atoms with Crippen LogP contribution in [0.3, 0.4) is 0 Å². The number of thiol groups is 1. The van der Waals surface area contributed by atoms with E-state index in [9.17, 15) is 13.4 Å². The van der Waals surface area contributed by atoms with Crippen LogP contribution < -0.4 is 10.0 Å². The quantitative estimate of drug-likeness (QED) is 0.333. The molecular formula is C18H20ClFN5O2PS. The highest BCUT2D eigenvalue weighted by Crippen LogP contribution is 2.42. The number of anilines is 2. The molecule has 0 spiro atoms. The van der Waals surface area contributed by atoms with E-state index < -0.39 is 21.5 Å². The smallest absolute Gasteiger partial charge is 0.260 e. The first-order chi connectivity index (χ1) is 13.8. The van der Waals surface area contributed by atoms with Crippen LogP contribution in [0.25, 0.3) is 11.0 Å². The van der Waals surface area contributed by atoms with Gasteiger partial charge in [0.1, 0.15) is 0 Å². The third-order valence-corrected chi connectivity index (χ3v) is 8.12. The number of pyridine rings is 1. The number of amides is 1. The third-order valence-electron chi connectivity index (χ3n) is 4.77. The number of aromatic amines is 1. The first-order valence-electron chi connectivity index (χ1n) is 9.08. The second-order valence-corrected chi connectivity index (χ2v) is 12.3. The Balaban J connectivity index is 1.64. The van der Waals surface area contributed by atoms with Gasteiger partial charge in [0.25, 0.3) is 5.91 Å². The van der Waals surface area contributed by atoms with Crippen LogP contribution >= 0.6 is 20.0 Å². The SMILES string of the molecule is CC[SH](=O)(P)Nc1ccc(Cl)c(C(=O)Nc2cnc3[nH]nc(C4CC4)c3c2)c1F. The maximum Gasteiger partial charge on any atom is 0.260 e. The number of carbonyl (C=O) groups excluding carboxylic acids is 1. The van der Waals surface area contributed by atoms with Crippen molar-refractivity contribution >= 4 is 58.1 Å². The molecule has 29 heavy (non-hydrogen) atoms. The lowest BCUT2D eigenvalue weighted by Crippen LogP contribution is -2.20. The van der Waals surface area contributed by atoms with Gasteiger partial charge in [-0.25, -0.2) is 9.37 Å². The lowest BCUT2D eigenvalue weighted by atomic mass is 10.1. The van der Waals surface area contributed by atoms with Gasteiger partial charge in [-0.3, -0.25) is 14.1 Å². The number of aromatic nitrogens is 3. The number of hydrogen-bond donors (Lipinski definition) is 4. The molecule has 7 nitrogen and oxygen atoms in total. The van der Waals surface area contributed by atoms with Gasteiger partial charge in [0.2, 0.25) is 0 Å². The number of rotatable bonds is 6. The molecule has 1 saturated carbocycles. The highest BCUT2D eigenvalue weighted by molar-refractivity contribution is 8.46. The van der Waals surface area contributed by atoms with Crippen molar-refractivity contribution in [3.05, 3.63) is 46.5 Å². The normalized spacial score (nSPS) is 14.8. The summed E-state index contributed by atoms with van der Waals surface area (Å²) in [5.74, 6) is -0.862. The second-order valence-electron chi connectivity index (χ2n) is 6.96. The van der Waals surface area contributed by atoms with Gasteiger partial charge in [0, 0.05) is 17.1 Å². The van der Waals surface area contributed by atoms with Gasteiger partial charge in [-0.05, 0) is 49.2 Å². The first kappa shape index (κ1) is 20.2. The molecule has 11 heteroatoms. The Morgan fingerprint density at radius 1 is 1.45 bits per heavy atom. The average molecular weight is 456 g/mol. The van der Waals surface area contributed by atoms with Crippen LogP contribution in [0.1, 0.15) is 41.7 Å². The number of halogens is 2. The fourth-order valence-electron chi connectivity index (χ4n) is 2.98. The fraction of sp³-hybridized carbons (Fsp3) is 0.278. The Bertz CT molecular complexity index is 1170. The number of nitrogens with one attached hydrogen (secondary N) is 3. The molecule has 1 unspecified atom stereocenters. The molecule has 1 fully saturated rings. The predicted octanol–water partition coefficient (Wildman–Crippen LogP) is 4.03. The molecule has 0 bridgehead atoms. The Hall–Kier alpha value is -2.09. The van der Waals surface area contributed by atoms with E-state index in [2.05, 4.69) is 33.7 Å². The van der Waals surface area contributed by atoms with Crippen molar-refractivity contribution in [2.75, 3.05) is 15.8 Å². The molecule has 1 amide bonds. The van der Waals surface area contributed by atoms with Crippen molar-refractivity contribution in [1.29, 1.82) is 0 Å². The van der Waals surface area contributed by atoms with Crippen molar-refractivity contribution in [2.24, 2.45) is 0 Å². The number of carbonyl (C=O) groups is 1. The van der Waals surface area contributed by atoms with Crippen LogP contribution in [0, 0.1) is 5.82 Å². The fourth-order valence-corrected chi connectivity index (χ4v) is 4.37. The minimum atomic E-state index is -2.85. The summed E-state index contributed by atoms with van der Waals surface area (Å²) in [5.41, 5.74) is 1.60. The molecule has 0 aliphatic heterocycles. The van der Waals surface area contributed by atoms with E-state index in [0.29, 0.717) is 23.0 Å². The summed E-state index contributed by atoms with van der Waals surface area (Å²) in [6, 6.07) is 4.52. The molecule has 1 aliphatic rings. The third kappa shape index (κ3) is 4.13. The van der Waals surface area contributed by atoms with E-state index in [4.69, 9.17) is 11.6 Å². The molecule has 4 rings (SSSR count). The highest BCUT2D eigenvalue weighted by Gasteiger charge is 2.28. The minimum absolute atomic E-state index is 0.0424. The summed E-state index contributed by atoms with van der Waals surface area (Å²) in [6.45, 7) is 1.72. The first-order valence-corrected chi connectivity index (χ1v) is 13.0. The van der Waals surface area contributed by atoms with Crippen LogP contribution in [0.5, 0.6) is 0 Å². The summed E-state index contributed by atoms with van der Waals surface area (Å²) in [7, 11) is -0.651. The molecule has 0 radical (unpaired) electrons. The molecule has 3 N–H and O–H groups in total. The summed E-state index contributed by atoms with van der Waals surface area (Å²) in [4.78, 5) is 17.0. The Morgan fingerprint density at radius 2 is 2.21 bits per heavy atom. The maximum absolute atomic E-state index is 15.0. The highest BCUT2D eigenvalue weighted by atomic mass is 35.5. The monoisotopic (exact) mass is 455 g/mol. The summed E-state index contributed by atoms with van der Waals surface area (Å²) in [6.07, 6.45) is 3.62. The van der Waals surface area contributed by atoms with Gasteiger partial charge in [0.15, 0.2) is 11.5 Å². The number of nitrogens with zero attached hydrogens (tertiary/aromatic N) is 2. The molecule has 0 saturated heterocycles. The number of benzene rings is 1. The molecule has 1 atom stereocenters. The van der Waals surface area contributed by atoms with Gasteiger partial charge in [-0.1, -0.05) is 18.5 Å². The Morgan fingerprint density at radius 3 is 2.90 bits per heavy atom. The summed E-state index contributed by atoms with van der Waals surface area (Å²) < 4.78 is 29.9. The lowest BCUT2D eigenvalue weighted by Gasteiger charge is -2.21. The van der Waals surface area contributed by atoms with Crippen molar-refractivity contribution in [3.63, 3.8) is 0 Å². The van der Waals surface area contributed by atoms with E-state index >= 15 is 0 Å². The van der Waals surface area contributed by atoms with Gasteiger partial charge in [-0.15, -0.1) is 0 Å². The molecule has 154 valence electrons. The van der Waals surface area contributed by atoms with Crippen LogP contribution in [0.2, 0.25) is 5.02 Å². The van der Waals surface area contributed by atoms with Crippen molar-refractivity contribution in [1.82, 2.24) is 15.2 Å². The predicted molar refractivity (Wildman–Crippen MR) is 119 cm³/mol. The summed E-state index contributed by atoms with van der Waals surface area (Å²) >= 11 is 6.09. The lowest BCUT2D eigenvalue weighted by molar-refractivity contribution is 0.102. The van der Waals surface area contributed by atoms with E-state index in [1.807, 2.05) is 0 Å². The van der Waals surface area contributed by atoms with Crippen LogP contribution in [-0.2, 0) is 9.74 Å². The zero-order chi connectivity index (χ0) is 20.8. The van der Waals surface area contributed by atoms with E-state index in [1.165, 1.54) is 18.3 Å². The standard InChI is InChI=1S/C18H20ClFN5O2PS/c1-2-29(27,28)25-13-6-5-12(19)14(15(13)20)18(26)22-10-7-11-16(9-3-4-9)23-24-17(11)21-8-10/h5-9,29H,2-4,28H2,1H3,(H,22,26)(H,25,27)(H,21,23,24). The van der Waals surface area contributed by atoms with Crippen LogP contribution in [0.4, 0.5) is 15.8 Å². The Kier molecular flexibility index (Phi) is 5.31. The largest absolute Gasteiger partial charge is 0.322 e. The topological polar surface area (TPSA) is 99.8 Å². The van der Waals surface area contributed by atoms with Crippen molar-refractivity contribution in [2.45, 2.75) is 25.7 Å². The van der Waals surface area contributed by atoms with Gasteiger partial charge >= 0.3 is 0 Å². The minimum Gasteiger partial charge on any atom is -0.322 e. The molecule has 3 aromatic rings. The summed E-state index contributed by atoms with van der Waals surface area (Å²) in [5, 5.41) is 10.6. The van der Waals surface area contributed by atoms with Crippen LogP contribution in [-0.4, -0.2) is 31.1 Å². The Labute approximate surface area is 174 Å². The molecule has 1 aliphatic carbocycles. The molecular weight excluding hydrogens is 436 g/mol.